The first kappa shape index (κ1) is 15.2. The van der Waals surface area contributed by atoms with E-state index in [9.17, 15) is 14.4 Å². The van der Waals surface area contributed by atoms with Crippen LogP contribution in [0.1, 0.15) is 33.1 Å². The van der Waals surface area contributed by atoms with Crippen molar-refractivity contribution in [1.29, 1.82) is 0 Å². The molecule has 1 aliphatic carbocycles. The number of amides is 3. The number of carbonyl (C=O) groups is 3. The average Bonchev–Trinajstić information content (AvgIpc) is 2.68. The van der Waals surface area contributed by atoms with Crippen LogP contribution in [0.25, 0.3) is 0 Å². The summed E-state index contributed by atoms with van der Waals surface area (Å²) in [5.74, 6) is -0.975. The van der Waals surface area contributed by atoms with Crippen molar-refractivity contribution in [1.82, 2.24) is 10.6 Å². The molecular weight excluding hydrogens is 248 g/mol. The van der Waals surface area contributed by atoms with Gasteiger partial charge < -0.3 is 10.4 Å². The van der Waals surface area contributed by atoms with E-state index in [2.05, 4.69) is 24.5 Å². The molecule has 1 saturated carbocycles. The highest BCUT2D eigenvalue weighted by Crippen LogP contribution is 2.33. The first-order valence-electron chi connectivity index (χ1n) is 6.46. The van der Waals surface area contributed by atoms with Gasteiger partial charge in [0.15, 0.2) is 0 Å². The van der Waals surface area contributed by atoms with Crippen molar-refractivity contribution in [3.63, 3.8) is 0 Å². The number of imide groups is 1. The van der Waals surface area contributed by atoms with Crippen molar-refractivity contribution in [2.75, 3.05) is 0 Å². The zero-order valence-corrected chi connectivity index (χ0v) is 11.2. The number of hydrogen-bond donors (Lipinski definition) is 3. The lowest BCUT2D eigenvalue weighted by atomic mass is 9.94. The van der Waals surface area contributed by atoms with Crippen molar-refractivity contribution in [3.8, 4) is 0 Å². The minimum atomic E-state index is -1.23. The molecule has 0 heterocycles. The van der Waals surface area contributed by atoms with Crippen LogP contribution < -0.4 is 10.6 Å². The molecule has 6 nitrogen and oxygen atoms in total. The molecule has 0 spiro atoms. The van der Waals surface area contributed by atoms with Crippen LogP contribution in [0.4, 0.5) is 4.79 Å². The van der Waals surface area contributed by atoms with Gasteiger partial charge in [0.05, 0.1) is 0 Å². The highest BCUT2D eigenvalue weighted by atomic mass is 16.4. The lowest BCUT2D eigenvalue weighted by Crippen LogP contribution is -2.45. The molecule has 0 aromatic carbocycles. The monoisotopic (exact) mass is 268 g/mol. The highest BCUT2D eigenvalue weighted by Gasteiger charge is 2.32. The molecule has 0 aliphatic heterocycles. The van der Waals surface area contributed by atoms with Gasteiger partial charge in [-0.2, -0.15) is 0 Å². The summed E-state index contributed by atoms with van der Waals surface area (Å²) < 4.78 is 0. The maximum absolute atomic E-state index is 11.6. The molecule has 1 fully saturated rings. The molecule has 1 rings (SSSR count). The molecule has 0 radical (unpaired) electrons. The third-order valence-electron chi connectivity index (χ3n) is 3.68. The standard InChI is InChI=1S/C13H20N2O4/c1-3-9-4-5-10(8(9)2)14-13(19)15-11(16)6-7-12(17)18/h6-10H,3-5H2,1-2H3,(H,17,18)(H2,14,15,16,19). The summed E-state index contributed by atoms with van der Waals surface area (Å²) in [7, 11) is 0. The van der Waals surface area contributed by atoms with Crippen LogP contribution in [0, 0.1) is 11.8 Å². The Morgan fingerprint density at radius 1 is 1.26 bits per heavy atom. The number of rotatable bonds is 4. The number of urea groups is 1. The van der Waals surface area contributed by atoms with E-state index in [0.717, 1.165) is 25.3 Å². The summed E-state index contributed by atoms with van der Waals surface area (Å²) >= 11 is 0. The van der Waals surface area contributed by atoms with Gasteiger partial charge in [0, 0.05) is 18.2 Å². The van der Waals surface area contributed by atoms with E-state index in [4.69, 9.17) is 5.11 Å². The predicted molar refractivity (Wildman–Crippen MR) is 69.4 cm³/mol. The zero-order valence-electron chi connectivity index (χ0n) is 11.2. The molecule has 106 valence electrons. The molecular formula is C13H20N2O4. The smallest absolute Gasteiger partial charge is 0.328 e. The fourth-order valence-electron chi connectivity index (χ4n) is 2.53. The van der Waals surface area contributed by atoms with Crippen molar-refractivity contribution in [2.45, 2.75) is 39.2 Å². The van der Waals surface area contributed by atoms with E-state index < -0.39 is 17.9 Å². The number of carboxylic acid groups (broad SMARTS) is 1. The van der Waals surface area contributed by atoms with E-state index in [1.54, 1.807) is 0 Å². The van der Waals surface area contributed by atoms with Crippen LogP contribution in [-0.4, -0.2) is 29.1 Å². The minimum Gasteiger partial charge on any atom is -0.478 e. The van der Waals surface area contributed by atoms with E-state index in [1.165, 1.54) is 0 Å². The van der Waals surface area contributed by atoms with Gasteiger partial charge in [0.25, 0.3) is 5.91 Å². The quantitative estimate of drug-likeness (QED) is 0.669. The van der Waals surface area contributed by atoms with Gasteiger partial charge in [-0.1, -0.05) is 20.3 Å². The predicted octanol–water partition coefficient (Wildman–Crippen LogP) is 1.28. The first-order valence-corrected chi connectivity index (χ1v) is 6.46. The molecule has 0 saturated heterocycles. The third-order valence-corrected chi connectivity index (χ3v) is 3.68. The van der Waals surface area contributed by atoms with Gasteiger partial charge in [-0.05, 0) is 24.7 Å². The topological polar surface area (TPSA) is 95.5 Å². The van der Waals surface area contributed by atoms with Gasteiger partial charge in [-0.25, -0.2) is 9.59 Å². The van der Waals surface area contributed by atoms with Crippen molar-refractivity contribution in [3.05, 3.63) is 12.2 Å². The SMILES string of the molecule is CCC1CCC(NC(=O)NC(=O)C=CC(=O)O)C1C. The molecule has 6 heteroatoms. The maximum Gasteiger partial charge on any atom is 0.328 e. The minimum absolute atomic E-state index is 0.0706. The van der Waals surface area contributed by atoms with Crippen molar-refractivity contribution >= 4 is 17.9 Å². The van der Waals surface area contributed by atoms with Crippen LogP contribution in [0.15, 0.2) is 12.2 Å². The molecule has 3 atom stereocenters. The second-order valence-corrected chi connectivity index (χ2v) is 4.85. The summed E-state index contributed by atoms with van der Waals surface area (Å²) in [6, 6.07) is -0.505. The molecule has 0 aromatic heterocycles. The van der Waals surface area contributed by atoms with Crippen LogP contribution >= 0.6 is 0 Å². The Morgan fingerprint density at radius 3 is 2.47 bits per heavy atom. The fourth-order valence-corrected chi connectivity index (χ4v) is 2.53. The van der Waals surface area contributed by atoms with E-state index in [1.807, 2.05) is 0 Å². The second-order valence-electron chi connectivity index (χ2n) is 4.85. The normalized spacial score (nSPS) is 26.3. The highest BCUT2D eigenvalue weighted by molar-refractivity contribution is 6.02. The fraction of sp³-hybridized carbons (Fsp3) is 0.615. The lowest BCUT2D eigenvalue weighted by Gasteiger charge is -2.20. The molecule has 3 unspecified atom stereocenters. The number of hydrogen-bond acceptors (Lipinski definition) is 3. The van der Waals surface area contributed by atoms with Gasteiger partial charge in [0.1, 0.15) is 0 Å². The van der Waals surface area contributed by atoms with Crippen LogP contribution in [0.2, 0.25) is 0 Å². The lowest BCUT2D eigenvalue weighted by molar-refractivity contribution is -0.131. The second kappa shape index (κ2) is 6.92. The number of aliphatic carboxylic acids is 1. The first-order chi connectivity index (χ1) is 8.93. The summed E-state index contributed by atoms with van der Waals surface area (Å²) in [6.07, 6.45) is 4.58. The molecule has 19 heavy (non-hydrogen) atoms. The van der Waals surface area contributed by atoms with Crippen LogP contribution in [-0.2, 0) is 9.59 Å². The van der Waals surface area contributed by atoms with E-state index >= 15 is 0 Å². The molecule has 3 N–H and O–H groups in total. The summed E-state index contributed by atoms with van der Waals surface area (Å²) in [4.78, 5) is 33.0. The molecule has 0 aromatic rings. The summed E-state index contributed by atoms with van der Waals surface area (Å²) in [5, 5.41) is 13.2. The van der Waals surface area contributed by atoms with Gasteiger partial charge in [-0.3, -0.25) is 10.1 Å². The Morgan fingerprint density at radius 2 is 1.95 bits per heavy atom. The van der Waals surface area contributed by atoms with Crippen LogP contribution in [0.3, 0.4) is 0 Å². The van der Waals surface area contributed by atoms with Gasteiger partial charge >= 0.3 is 12.0 Å². The summed E-state index contributed by atoms with van der Waals surface area (Å²) in [6.45, 7) is 4.22. The molecule has 0 bridgehead atoms. The van der Waals surface area contributed by atoms with E-state index in [-0.39, 0.29) is 6.04 Å². The maximum atomic E-state index is 11.6. The van der Waals surface area contributed by atoms with E-state index in [0.29, 0.717) is 17.9 Å². The molecule has 1 aliphatic rings. The Balaban J connectivity index is 2.40. The van der Waals surface area contributed by atoms with Crippen LogP contribution in [0.5, 0.6) is 0 Å². The number of carbonyl (C=O) groups excluding carboxylic acids is 2. The van der Waals surface area contributed by atoms with Gasteiger partial charge in [-0.15, -0.1) is 0 Å². The Labute approximate surface area is 112 Å². The zero-order chi connectivity index (χ0) is 14.4. The molecule has 3 amide bonds. The largest absolute Gasteiger partial charge is 0.478 e. The Kier molecular flexibility index (Phi) is 5.54. The summed E-state index contributed by atoms with van der Waals surface area (Å²) in [5.41, 5.74) is 0. The van der Waals surface area contributed by atoms with Gasteiger partial charge in [0.2, 0.25) is 0 Å². The Hall–Kier alpha value is -1.85. The Bertz CT molecular complexity index is 392. The van der Waals surface area contributed by atoms with Crippen molar-refractivity contribution in [2.24, 2.45) is 11.8 Å². The average molecular weight is 268 g/mol. The third kappa shape index (κ3) is 4.73. The van der Waals surface area contributed by atoms with Crippen molar-refractivity contribution < 1.29 is 19.5 Å². The number of nitrogens with one attached hydrogen (secondary N) is 2. The number of carboxylic acids is 1.